The van der Waals surface area contributed by atoms with Crippen molar-refractivity contribution in [1.82, 2.24) is 25.3 Å². The van der Waals surface area contributed by atoms with Gasteiger partial charge >= 0.3 is 0 Å². The van der Waals surface area contributed by atoms with Crippen molar-refractivity contribution in [3.63, 3.8) is 0 Å². The Labute approximate surface area is 131 Å². The number of nitrogens with zero attached hydrogens (tertiary/aromatic N) is 4. The van der Waals surface area contributed by atoms with Crippen molar-refractivity contribution in [2.24, 2.45) is 0 Å². The maximum Gasteiger partial charge on any atom is 0.233 e. The Morgan fingerprint density at radius 3 is 2.77 bits per heavy atom. The summed E-state index contributed by atoms with van der Waals surface area (Å²) < 4.78 is 7.69. The van der Waals surface area contributed by atoms with Gasteiger partial charge in [0, 0.05) is 24.2 Å². The SMILES string of the molecule is Cc1nnc([C@H](C)N[C@@H]2CCCc3c2cnn3C(C)(C)C)o1. The molecule has 0 bridgehead atoms. The Bertz CT molecular complexity index is 652. The van der Waals surface area contributed by atoms with Crippen LogP contribution in [0.4, 0.5) is 0 Å². The molecule has 0 saturated carbocycles. The molecular weight excluding hydrogens is 278 g/mol. The minimum atomic E-state index is 0.0185. The maximum absolute atomic E-state index is 5.53. The lowest BCUT2D eigenvalue weighted by Gasteiger charge is -2.29. The van der Waals surface area contributed by atoms with E-state index in [4.69, 9.17) is 4.42 Å². The number of aromatic nitrogens is 4. The molecule has 0 saturated heterocycles. The molecule has 2 heterocycles. The fourth-order valence-corrected chi connectivity index (χ4v) is 3.17. The van der Waals surface area contributed by atoms with Gasteiger partial charge in [-0.25, -0.2) is 0 Å². The third kappa shape index (κ3) is 2.79. The van der Waals surface area contributed by atoms with E-state index in [-0.39, 0.29) is 11.6 Å². The van der Waals surface area contributed by atoms with Crippen LogP contribution in [-0.4, -0.2) is 20.0 Å². The predicted octanol–water partition coefficient (Wildman–Crippen LogP) is 3.06. The lowest BCUT2D eigenvalue weighted by molar-refractivity contribution is 0.324. The topological polar surface area (TPSA) is 68.8 Å². The van der Waals surface area contributed by atoms with Crippen LogP contribution < -0.4 is 5.32 Å². The average Bonchev–Trinajstić information content (AvgIpc) is 3.04. The second kappa shape index (κ2) is 5.50. The van der Waals surface area contributed by atoms with Crippen LogP contribution in [0, 0.1) is 6.92 Å². The van der Waals surface area contributed by atoms with Crippen LogP contribution in [0.5, 0.6) is 0 Å². The average molecular weight is 303 g/mol. The van der Waals surface area contributed by atoms with Crippen molar-refractivity contribution < 1.29 is 4.42 Å². The molecular formula is C16H25N5O. The molecule has 0 fully saturated rings. The molecule has 1 N–H and O–H groups in total. The van der Waals surface area contributed by atoms with Gasteiger partial charge in [0.1, 0.15) is 0 Å². The van der Waals surface area contributed by atoms with Gasteiger partial charge in [-0.2, -0.15) is 5.10 Å². The van der Waals surface area contributed by atoms with Crippen LogP contribution >= 0.6 is 0 Å². The number of fused-ring (bicyclic) bond motifs is 1. The van der Waals surface area contributed by atoms with Gasteiger partial charge in [-0.3, -0.25) is 10.00 Å². The van der Waals surface area contributed by atoms with E-state index >= 15 is 0 Å². The summed E-state index contributed by atoms with van der Waals surface area (Å²) in [5.74, 6) is 1.25. The Morgan fingerprint density at radius 1 is 1.36 bits per heavy atom. The maximum atomic E-state index is 5.53. The van der Waals surface area contributed by atoms with Gasteiger partial charge < -0.3 is 4.42 Å². The van der Waals surface area contributed by atoms with Crippen LogP contribution in [0.1, 0.15) is 75.7 Å². The minimum Gasteiger partial charge on any atom is -0.424 e. The highest BCUT2D eigenvalue weighted by molar-refractivity contribution is 5.26. The Hall–Kier alpha value is -1.69. The highest BCUT2D eigenvalue weighted by atomic mass is 16.4. The van der Waals surface area contributed by atoms with Crippen molar-refractivity contribution in [2.45, 2.75) is 71.5 Å². The smallest absolute Gasteiger partial charge is 0.233 e. The summed E-state index contributed by atoms with van der Waals surface area (Å²) in [5.41, 5.74) is 2.68. The van der Waals surface area contributed by atoms with Crippen LogP contribution in [0.25, 0.3) is 0 Å². The van der Waals surface area contributed by atoms with Crippen LogP contribution in [0.3, 0.4) is 0 Å². The van der Waals surface area contributed by atoms with Crippen LogP contribution in [0.15, 0.2) is 10.6 Å². The molecule has 0 aromatic carbocycles. The summed E-state index contributed by atoms with van der Waals surface area (Å²) in [6.45, 7) is 10.5. The summed E-state index contributed by atoms with van der Waals surface area (Å²) in [4.78, 5) is 0. The summed E-state index contributed by atoms with van der Waals surface area (Å²) in [7, 11) is 0. The first-order valence-electron chi connectivity index (χ1n) is 7.99. The number of hydrogen-bond acceptors (Lipinski definition) is 5. The first-order chi connectivity index (χ1) is 10.4. The van der Waals surface area contributed by atoms with Crippen molar-refractivity contribution in [3.8, 4) is 0 Å². The quantitative estimate of drug-likeness (QED) is 0.943. The monoisotopic (exact) mass is 303 g/mol. The third-order valence-electron chi connectivity index (χ3n) is 4.18. The molecule has 2 atom stereocenters. The Kier molecular flexibility index (Phi) is 3.80. The van der Waals surface area contributed by atoms with Crippen molar-refractivity contribution in [3.05, 3.63) is 29.2 Å². The lowest BCUT2D eigenvalue weighted by atomic mass is 9.91. The largest absolute Gasteiger partial charge is 0.424 e. The summed E-state index contributed by atoms with van der Waals surface area (Å²) in [5, 5.41) is 16.3. The van der Waals surface area contributed by atoms with Gasteiger partial charge in [0.15, 0.2) is 0 Å². The molecule has 0 radical (unpaired) electrons. The van der Waals surface area contributed by atoms with Gasteiger partial charge in [0.05, 0.1) is 17.8 Å². The summed E-state index contributed by atoms with van der Waals surface area (Å²) in [6.07, 6.45) is 5.39. The van der Waals surface area contributed by atoms with Gasteiger partial charge in [0.25, 0.3) is 0 Å². The van der Waals surface area contributed by atoms with E-state index in [1.807, 2.05) is 13.1 Å². The Morgan fingerprint density at radius 2 is 2.14 bits per heavy atom. The number of hydrogen-bond donors (Lipinski definition) is 1. The molecule has 6 nitrogen and oxygen atoms in total. The van der Waals surface area contributed by atoms with Crippen molar-refractivity contribution in [2.75, 3.05) is 0 Å². The zero-order valence-corrected chi connectivity index (χ0v) is 14.1. The fraction of sp³-hybridized carbons (Fsp3) is 0.688. The molecule has 22 heavy (non-hydrogen) atoms. The fourth-order valence-electron chi connectivity index (χ4n) is 3.17. The van der Waals surface area contributed by atoms with Crippen LogP contribution in [-0.2, 0) is 12.0 Å². The highest BCUT2D eigenvalue weighted by Gasteiger charge is 2.29. The molecule has 0 spiro atoms. The number of rotatable bonds is 3. The van der Waals surface area contributed by atoms with E-state index in [1.165, 1.54) is 17.7 Å². The molecule has 120 valence electrons. The van der Waals surface area contributed by atoms with E-state index in [0.717, 1.165) is 12.8 Å². The summed E-state index contributed by atoms with van der Waals surface area (Å²) in [6, 6.07) is 0.331. The van der Waals surface area contributed by atoms with E-state index < -0.39 is 0 Å². The predicted molar refractivity (Wildman–Crippen MR) is 83.5 cm³/mol. The van der Waals surface area contributed by atoms with Gasteiger partial charge in [0.2, 0.25) is 11.8 Å². The third-order valence-corrected chi connectivity index (χ3v) is 4.18. The zero-order chi connectivity index (χ0) is 15.9. The minimum absolute atomic E-state index is 0.0185. The molecule has 0 aliphatic heterocycles. The van der Waals surface area contributed by atoms with Crippen molar-refractivity contribution >= 4 is 0 Å². The lowest BCUT2D eigenvalue weighted by Crippen LogP contribution is -2.30. The molecule has 2 aromatic heterocycles. The van der Waals surface area contributed by atoms with E-state index in [0.29, 0.717) is 17.8 Å². The summed E-state index contributed by atoms with van der Waals surface area (Å²) >= 11 is 0. The first-order valence-corrected chi connectivity index (χ1v) is 7.99. The molecule has 2 aromatic rings. The molecule has 1 aliphatic carbocycles. The van der Waals surface area contributed by atoms with Gasteiger partial charge in [-0.05, 0) is 47.0 Å². The molecule has 0 amide bonds. The standard InChI is InChI=1S/C16H25N5O/c1-10(15-20-19-11(2)22-15)18-13-7-6-8-14-12(13)9-17-21(14)16(3,4)5/h9-10,13,18H,6-8H2,1-5H3/t10-,13+/m0/s1. The van der Waals surface area contributed by atoms with E-state index in [1.54, 1.807) is 0 Å². The highest BCUT2D eigenvalue weighted by Crippen LogP contribution is 2.33. The second-order valence-corrected chi connectivity index (χ2v) is 7.12. The molecule has 6 heteroatoms. The van der Waals surface area contributed by atoms with Crippen molar-refractivity contribution in [1.29, 1.82) is 0 Å². The normalized spacial score (nSPS) is 20.0. The van der Waals surface area contributed by atoms with E-state index in [9.17, 15) is 0 Å². The molecule has 0 unspecified atom stereocenters. The van der Waals surface area contributed by atoms with Gasteiger partial charge in [-0.1, -0.05) is 0 Å². The first kappa shape index (κ1) is 15.2. The second-order valence-electron chi connectivity index (χ2n) is 7.12. The zero-order valence-electron chi connectivity index (χ0n) is 14.1. The van der Waals surface area contributed by atoms with Gasteiger partial charge in [-0.15, -0.1) is 10.2 Å². The number of aryl methyl sites for hydroxylation is 1. The molecule has 3 rings (SSSR count). The van der Waals surface area contributed by atoms with E-state index in [2.05, 4.69) is 53.0 Å². The Balaban J connectivity index is 1.82. The van der Waals surface area contributed by atoms with Crippen LogP contribution in [0.2, 0.25) is 0 Å². The number of nitrogens with one attached hydrogen (secondary N) is 1. The molecule has 1 aliphatic rings.